The van der Waals surface area contributed by atoms with Crippen molar-refractivity contribution in [2.24, 2.45) is 0 Å². The number of anilines is 1. The fourth-order valence-electron chi connectivity index (χ4n) is 2.47. The maximum Gasteiger partial charge on any atom is 0.315 e. The number of hydrogen-bond donors (Lipinski definition) is 1. The maximum absolute atomic E-state index is 12.5. The Kier molecular flexibility index (Phi) is 6.12. The summed E-state index contributed by atoms with van der Waals surface area (Å²) < 4.78 is 5.40. The Bertz CT molecular complexity index is 954. The molecule has 1 N–H and O–H groups in total. The molecular formula is C21H15Cl2NO3. The summed E-state index contributed by atoms with van der Waals surface area (Å²) in [6.07, 6.45) is -0.104. The molecule has 4 nitrogen and oxygen atoms in total. The van der Waals surface area contributed by atoms with E-state index in [1.807, 2.05) is 18.2 Å². The Hall–Kier alpha value is -2.82. The van der Waals surface area contributed by atoms with Crippen molar-refractivity contribution in [1.82, 2.24) is 0 Å². The van der Waals surface area contributed by atoms with Crippen LogP contribution < -0.4 is 10.1 Å². The summed E-state index contributed by atoms with van der Waals surface area (Å²) in [5.41, 5.74) is 1.38. The number of benzene rings is 3. The van der Waals surface area contributed by atoms with E-state index in [-0.39, 0.29) is 23.6 Å². The van der Waals surface area contributed by atoms with E-state index >= 15 is 0 Å². The largest absolute Gasteiger partial charge is 0.425 e. The molecule has 0 heterocycles. The van der Waals surface area contributed by atoms with Crippen molar-refractivity contribution in [3.8, 4) is 5.75 Å². The summed E-state index contributed by atoms with van der Waals surface area (Å²) in [7, 11) is 0. The predicted molar refractivity (Wildman–Crippen MR) is 107 cm³/mol. The molecule has 27 heavy (non-hydrogen) atoms. The monoisotopic (exact) mass is 399 g/mol. The minimum Gasteiger partial charge on any atom is -0.425 e. The Morgan fingerprint density at radius 1 is 0.815 bits per heavy atom. The van der Waals surface area contributed by atoms with Crippen molar-refractivity contribution in [2.45, 2.75) is 6.42 Å². The SMILES string of the molecule is O=C(Cc1c(Cl)cccc1Cl)Oc1ccccc1C(=O)Nc1ccccc1. The van der Waals surface area contributed by atoms with Crippen molar-refractivity contribution in [3.05, 3.63) is 94.0 Å². The highest BCUT2D eigenvalue weighted by atomic mass is 35.5. The van der Waals surface area contributed by atoms with Crippen LogP contribution in [0.1, 0.15) is 15.9 Å². The number of para-hydroxylation sites is 2. The molecule has 3 aromatic rings. The third-order valence-electron chi connectivity index (χ3n) is 3.77. The Morgan fingerprint density at radius 3 is 2.15 bits per heavy atom. The molecule has 0 bridgehead atoms. The second-order valence-corrected chi connectivity index (χ2v) is 6.48. The van der Waals surface area contributed by atoms with Crippen LogP contribution >= 0.6 is 23.2 Å². The van der Waals surface area contributed by atoms with Crippen LogP contribution in [0.15, 0.2) is 72.8 Å². The number of carbonyl (C=O) groups excluding carboxylic acids is 2. The summed E-state index contributed by atoms with van der Waals surface area (Å²) in [6.45, 7) is 0. The summed E-state index contributed by atoms with van der Waals surface area (Å²) in [4.78, 5) is 24.9. The van der Waals surface area contributed by atoms with E-state index in [0.29, 0.717) is 21.3 Å². The number of esters is 1. The van der Waals surface area contributed by atoms with Crippen LogP contribution in [0, 0.1) is 0 Å². The summed E-state index contributed by atoms with van der Waals surface area (Å²) in [6, 6.07) is 20.5. The first-order valence-electron chi connectivity index (χ1n) is 8.13. The fourth-order valence-corrected chi connectivity index (χ4v) is 3.00. The van der Waals surface area contributed by atoms with Crippen molar-refractivity contribution in [1.29, 1.82) is 0 Å². The van der Waals surface area contributed by atoms with Crippen LogP contribution in [0.3, 0.4) is 0 Å². The first kappa shape index (κ1) is 19.0. The van der Waals surface area contributed by atoms with Crippen molar-refractivity contribution < 1.29 is 14.3 Å². The number of nitrogens with one attached hydrogen (secondary N) is 1. The van der Waals surface area contributed by atoms with Gasteiger partial charge in [-0.2, -0.15) is 0 Å². The van der Waals surface area contributed by atoms with Gasteiger partial charge in [-0.1, -0.05) is 59.6 Å². The quantitative estimate of drug-likeness (QED) is 0.461. The first-order chi connectivity index (χ1) is 13.0. The molecule has 0 aromatic heterocycles. The maximum atomic E-state index is 12.5. The normalized spacial score (nSPS) is 10.3. The number of ether oxygens (including phenoxy) is 1. The molecule has 0 unspecified atom stereocenters. The zero-order valence-electron chi connectivity index (χ0n) is 14.1. The topological polar surface area (TPSA) is 55.4 Å². The Morgan fingerprint density at radius 2 is 1.44 bits per heavy atom. The van der Waals surface area contributed by atoms with E-state index in [1.54, 1.807) is 54.6 Å². The highest BCUT2D eigenvalue weighted by Gasteiger charge is 2.17. The lowest BCUT2D eigenvalue weighted by atomic mass is 10.1. The van der Waals surface area contributed by atoms with Gasteiger partial charge in [0.25, 0.3) is 5.91 Å². The number of carbonyl (C=O) groups is 2. The van der Waals surface area contributed by atoms with Crippen LogP contribution in [0.2, 0.25) is 10.0 Å². The van der Waals surface area contributed by atoms with Gasteiger partial charge in [-0.15, -0.1) is 0 Å². The van der Waals surface area contributed by atoms with E-state index in [9.17, 15) is 9.59 Å². The van der Waals surface area contributed by atoms with Crippen molar-refractivity contribution in [3.63, 3.8) is 0 Å². The van der Waals surface area contributed by atoms with Gasteiger partial charge < -0.3 is 10.1 Å². The van der Waals surface area contributed by atoms with Gasteiger partial charge in [0.15, 0.2) is 0 Å². The average Bonchev–Trinajstić information content (AvgIpc) is 2.66. The smallest absolute Gasteiger partial charge is 0.315 e. The highest BCUT2D eigenvalue weighted by Crippen LogP contribution is 2.26. The van der Waals surface area contributed by atoms with Gasteiger partial charge in [-0.3, -0.25) is 9.59 Å². The van der Waals surface area contributed by atoms with Gasteiger partial charge in [-0.25, -0.2) is 0 Å². The number of halogens is 2. The van der Waals surface area contributed by atoms with Gasteiger partial charge >= 0.3 is 5.97 Å². The van der Waals surface area contributed by atoms with E-state index < -0.39 is 5.97 Å². The molecule has 0 fully saturated rings. The van der Waals surface area contributed by atoms with E-state index in [1.165, 1.54) is 0 Å². The highest BCUT2D eigenvalue weighted by molar-refractivity contribution is 6.36. The number of amides is 1. The van der Waals surface area contributed by atoms with E-state index in [4.69, 9.17) is 27.9 Å². The number of rotatable bonds is 5. The molecular weight excluding hydrogens is 385 g/mol. The lowest BCUT2D eigenvalue weighted by Crippen LogP contribution is -2.17. The van der Waals surface area contributed by atoms with Gasteiger partial charge in [0, 0.05) is 21.3 Å². The third-order valence-corrected chi connectivity index (χ3v) is 4.48. The molecule has 3 rings (SSSR count). The second kappa shape index (κ2) is 8.71. The molecule has 3 aromatic carbocycles. The fraction of sp³-hybridized carbons (Fsp3) is 0.0476. The lowest BCUT2D eigenvalue weighted by Gasteiger charge is -2.11. The third kappa shape index (κ3) is 4.88. The minimum atomic E-state index is -0.565. The van der Waals surface area contributed by atoms with Gasteiger partial charge in [0.05, 0.1) is 12.0 Å². The second-order valence-electron chi connectivity index (χ2n) is 5.67. The molecule has 0 aliphatic heterocycles. The molecule has 0 saturated heterocycles. The van der Waals surface area contributed by atoms with Crippen LogP contribution in [0.25, 0.3) is 0 Å². The molecule has 0 atom stereocenters. The first-order valence-corrected chi connectivity index (χ1v) is 8.89. The summed E-state index contributed by atoms with van der Waals surface area (Å²) in [5.74, 6) is -0.774. The average molecular weight is 400 g/mol. The molecule has 0 aliphatic rings. The molecule has 136 valence electrons. The van der Waals surface area contributed by atoms with Crippen molar-refractivity contribution >= 4 is 40.8 Å². The molecule has 0 radical (unpaired) electrons. The Labute approximate surface area is 166 Å². The van der Waals surface area contributed by atoms with Crippen LogP contribution in [-0.4, -0.2) is 11.9 Å². The molecule has 0 aliphatic carbocycles. The van der Waals surface area contributed by atoms with Crippen LogP contribution in [0.5, 0.6) is 5.75 Å². The lowest BCUT2D eigenvalue weighted by molar-refractivity contribution is -0.133. The van der Waals surface area contributed by atoms with E-state index in [0.717, 1.165) is 0 Å². The number of hydrogen-bond acceptors (Lipinski definition) is 3. The minimum absolute atomic E-state index is 0.104. The van der Waals surface area contributed by atoms with Gasteiger partial charge in [0.2, 0.25) is 0 Å². The molecule has 0 saturated carbocycles. The van der Waals surface area contributed by atoms with Crippen LogP contribution in [-0.2, 0) is 11.2 Å². The van der Waals surface area contributed by atoms with E-state index in [2.05, 4.69) is 5.32 Å². The molecule has 0 spiro atoms. The standard InChI is InChI=1S/C21H15Cl2NO3/c22-17-10-6-11-18(23)16(17)13-20(25)27-19-12-5-4-9-15(19)21(26)24-14-7-2-1-3-8-14/h1-12H,13H2,(H,24,26). The zero-order valence-corrected chi connectivity index (χ0v) is 15.6. The van der Waals surface area contributed by atoms with Gasteiger partial charge in [0.1, 0.15) is 5.75 Å². The molecule has 6 heteroatoms. The van der Waals surface area contributed by atoms with Crippen LogP contribution in [0.4, 0.5) is 5.69 Å². The predicted octanol–water partition coefficient (Wildman–Crippen LogP) is 5.39. The van der Waals surface area contributed by atoms with Gasteiger partial charge in [-0.05, 0) is 36.4 Å². The Balaban J connectivity index is 1.76. The zero-order chi connectivity index (χ0) is 19.2. The summed E-state index contributed by atoms with van der Waals surface area (Å²) in [5, 5.41) is 3.54. The summed E-state index contributed by atoms with van der Waals surface area (Å²) >= 11 is 12.2. The molecule has 1 amide bonds. The van der Waals surface area contributed by atoms with Crippen molar-refractivity contribution in [2.75, 3.05) is 5.32 Å².